The first-order valence-corrected chi connectivity index (χ1v) is 6.27. The van der Waals surface area contributed by atoms with Crippen LogP contribution in [0, 0.1) is 5.41 Å². The summed E-state index contributed by atoms with van der Waals surface area (Å²) >= 11 is 3.43. The lowest BCUT2D eigenvalue weighted by Gasteiger charge is -2.29. The van der Waals surface area contributed by atoms with E-state index in [1.54, 1.807) is 7.11 Å². The van der Waals surface area contributed by atoms with Crippen LogP contribution in [0.25, 0.3) is 0 Å². The summed E-state index contributed by atoms with van der Waals surface area (Å²) in [4.78, 5) is 2.03. The molecular weight excluding hydrogens is 284 g/mol. The van der Waals surface area contributed by atoms with Crippen molar-refractivity contribution in [1.82, 2.24) is 4.90 Å². The quantitative estimate of drug-likeness (QED) is 0.672. The smallest absolute Gasteiger partial charge is 0.133 e. The summed E-state index contributed by atoms with van der Waals surface area (Å²) in [6, 6.07) is 5.69. The standard InChI is InChI=1S/C12H15BrN2O2/c1-16-11-3-2-9(8-10(11)13)12(14)15-4-6-17-7-5-15/h2-3,8,14H,4-7H2,1H3. The van der Waals surface area contributed by atoms with E-state index in [4.69, 9.17) is 14.9 Å². The van der Waals surface area contributed by atoms with Crippen LogP contribution in [0.1, 0.15) is 5.56 Å². The van der Waals surface area contributed by atoms with E-state index >= 15 is 0 Å². The van der Waals surface area contributed by atoms with E-state index in [-0.39, 0.29) is 0 Å². The zero-order valence-corrected chi connectivity index (χ0v) is 11.3. The van der Waals surface area contributed by atoms with E-state index in [1.165, 1.54) is 0 Å². The summed E-state index contributed by atoms with van der Waals surface area (Å²) < 4.78 is 11.3. The van der Waals surface area contributed by atoms with Crippen molar-refractivity contribution in [3.8, 4) is 5.75 Å². The Kier molecular flexibility index (Phi) is 4.02. The van der Waals surface area contributed by atoms with Gasteiger partial charge >= 0.3 is 0 Å². The molecule has 0 saturated carbocycles. The van der Waals surface area contributed by atoms with Crippen molar-refractivity contribution < 1.29 is 9.47 Å². The summed E-state index contributed by atoms with van der Waals surface area (Å²) in [6.45, 7) is 2.95. The molecule has 2 rings (SSSR count). The highest BCUT2D eigenvalue weighted by Crippen LogP contribution is 2.26. The van der Waals surface area contributed by atoms with Crippen LogP contribution in [-0.2, 0) is 4.74 Å². The molecule has 0 amide bonds. The highest BCUT2D eigenvalue weighted by Gasteiger charge is 2.16. The number of amidine groups is 1. The first-order valence-electron chi connectivity index (χ1n) is 5.47. The van der Waals surface area contributed by atoms with Gasteiger partial charge in [-0.25, -0.2) is 0 Å². The third-order valence-corrected chi connectivity index (χ3v) is 3.37. The Hall–Kier alpha value is -1.07. The molecule has 1 N–H and O–H groups in total. The van der Waals surface area contributed by atoms with Gasteiger partial charge in [0.25, 0.3) is 0 Å². The lowest BCUT2D eigenvalue weighted by molar-refractivity contribution is 0.0680. The molecule has 1 saturated heterocycles. The fourth-order valence-corrected chi connectivity index (χ4v) is 2.32. The van der Waals surface area contributed by atoms with Crippen LogP contribution in [0.15, 0.2) is 22.7 Å². The molecule has 0 spiro atoms. The fraction of sp³-hybridized carbons (Fsp3) is 0.417. The molecule has 1 fully saturated rings. The first-order chi connectivity index (χ1) is 8.22. The Morgan fingerprint density at radius 1 is 1.41 bits per heavy atom. The molecule has 5 heteroatoms. The van der Waals surface area contributed by atoms with Gasteiger partial charge in [0.1, 0.15) is 11.6 Å². The molecule has 1 heterocycles. The normalized spacial score (nSPS) is 15.8. The minimum atomic E-state index is 0.539. The maximum absolute atomic E-state index is 8.16. The largest absolute Gasteiger partial charge is 0.496 e. The first kappa shape index (κ1) is 12.4. The molecule has 1 aromatic carbocycles. The Labute approximate surface area is 109 Å². The molecule has 0 aromatic heterocycles. The second-order valence-electron chi connectivity index (χ2n) is 3.80. The average molecular weight is 299 g/mol. The molecule has 1 aromatic rings. The molecule has 1 aliphatic rings. The lowest BCUT2D eigenvalue weighted by Crippen LogP contribution is -2.40. The van der Waals surface area contributed by atoms with Crippen molar-refractivity contribution in [1.29, 1.82) is 5.41 Å². The van der Waals surface area contributed by atoms with Gasteiger partial charge in [-0.2, -0.15) is 0 Å². The highest BCUT2D eigenvalue weighted by atomic mass is 79.9. The molecule has 0 atom stereocenters. The molecule has 4 nitrogen and oxygen atoms in total. The number of nitrogens with one attached hydrogen (secondary N) is 1. The number of halogens is 1. The minimum Gasteiger partial charge on any atom is -0.496 e. The molecule has 17 heavy (non-hydrogen) atoms. The van der Waals surface area contributed by atoms with Gasteiger partial charge in [-0.15, -0.1) is 0 Å². The maximum atomic E-state index is 8.16. The Bertz CT molecular complexity index is 417. The van der Waals surface area contributed by atoms with Crippen LogP contribution in [0.2, 0.25) is 0 Å². The summed E-state index contributed by atoms with van der Waals surface area (Å²) in [5, 5.41) is 8.16. The topological polar surface area (TPSA) is 45.5 Å². The second kappa shape index (κ2) is 5.51. The highest BCUT2D eigenvalue weighted by molar-refractivity contribution is 9.10. The van der Waals surface area contributed by atoms with Crippen LogP contribution in [0.5, 0.6) is 5.75 Å². The number of morpholine rings is 1. The number of benzene rings is 1. The van der Waals surface area contributed by atoms with E-state index in [9.17, 15) is 0 Å². The lowest BCUT2D eigenvalue weighted by atomic mass is 10.1. The van der Waals surface area contributed by atoms with Crippen molar-refractivity contribution in [2.45, 2.75) is 0 Å². The van der Waals surface area contributed by atoms with E-state index in [2.05, 4.69) is 15.9 Å². The minimum absolute atomic E-state index is 0.539. The number of nitrogens with zero attached hydrogens (tertiary/aromatic N) is 1. The van der Waals surface area contributed by atoms with E-state index in [1.807, 2.05) is 23.1 Å². The van der Waals surface area contributed by atoms with Crippen LogP contribution < -0.4 is 4.74 Å². The van der Waals surface area contributed by atoms with Gasteiger partial charge < -0.3 is 14.4 Å². The number of ether oxygens (including phenoxy) is 2. The van der Waals surface area contributed by atoms with Gasteiger partial charge in [-0.3, -0.25) is 5.41 Å². The summed E-state index contributed by atoms with van der Waals surface area (Å²) in [7, 11) is 1.63. The third kappa shape index (κ3) is 2.79. The molecule has 92 valence electrons. The molecule has 1 aliphatic heterocycles. The zero-order valence-electron chi connectivity index (χ0n) is 9.70. The van der Waals surface area contributed by atoms with Gasteiger partial charge in [-0.1, -0.05) is 0 Å². The maximum Gasteiger partial charge on any atom is 0.133 e. The second-order valence-corrected chi connectivity index (χ2v) is 4.65. The van der Waals surface area contributed by atoms with Crippen molar-refractivity contribution in [3.05, 3.63) is 28.2 Å². The Morgan fingerprint density at radius 3 is 2.71 bits per heavy atom. The number of hydrogen-bond acceptors (Lipinski definition) is 3. The van der Waals surface area contributed by atoms with Crippen molar-refractivity contribution in [3.63, 3.8) is 0 Å². The van der Waals surface area contributed by atoms with Crippen LogP contribution in [0.3, 0.4) is 0 Å². The predicted octanol–water partition coefficient (Wildman–Crippen LogP) is 2.12. The molecule has 0 radical (unpaired) electrons. The molecule has 0 bridgehead atoms. The van der Waals surface area contributed by atoms with Crippen molar-refractivity contribution >= 4 is 21.8 Å². The molecule has 0 aliphatic carbocycles. The van der Waals surface area contributed by atoms with Crippen LogP contribution in [0.4, 0.5) is 0 Å². The zero-order chi connectivity index (χ0) is 12.3. The van der Waals surface area contributed by atoms with Gasteiger partial charge in [0, 0.05) is 18.7 Å². The molecular formula is C12H15BrN2O2. The predicted molar refractivity (Wildman–Crippen MR) is 69.9 cm³/mol. The van der Waals surface area contributed by atoms with E-state index in [0.29, 0.717) is 19.0 Å². The fourth-order valence-electron chi connectivity index (χ4n) is 1.78. The van der Waals surface area contributed by atoms with Gasteiger partial charge in [0.15, 0.2) is 0 Å². The Balaban J connectivity index is 2.16. The van der Waals surface area contributed by atoms with Crippen LogP contribution in [-0.4, -0.2) is 44.1 Å². The summed E-state index contributed by atoms with van der Waals surface area (Å²) in [5.41, 5.74) is 0.888. The van der Waals surface area contributed by atoms with E-state index in [0.717, 1.165) is 28.9 Å². The third-order valence-electron chi connectivity index (χ3n) is 2.75. The SMILES string of the molecule is COc1ccc(C(=N)N2CCOCC2)cc1Br. The molecule has 0 unspecified atom stereocenters. The monoisotopic (exact) mass is 298 g/mol. The number of rotatable bonds is 2. The van der Waals surface area contributed by atoms with Crippen LogP contribution >= 0.6 is 15.9 Å². The number of hydrogen-bond donors (Lipinski definition) is 1. The summed E-state index contributed by atoms with van der Waals surface area (Å²) in [6.07, 6.45) is 0. The Morgan fingerprint density at radius 2 is 2.12 bits per heavy atom. The van der Waals surface area contributed by atoms with Gasteiger partial charge in [-0.05, 0) is 34.1 Å². The average Bonchev–Trinajstić information content (AvgIpc) is 2.39. The summed E-state index contributed by atoms with van der Waals surface area (Å²) in [5.74, 6) is 1.32. The van der Waals surface area contributed by atoms with Crippen molar-refractivity contribution in [2.24, 2.45) is 0 Å². The number of methoxy groups -OCH3 is 1. The van der Waals surface area contributed by atoms with E-state index < -0.39 is 0 Å². The van der Waals surface area contributed by atoms with Gasteiger partial charge in [0.05, 0.1) is 24.8 Å². The van der Waals surface area contributed by atoms with Gasteiger partial charge in [0.2, 0.25) is 0 Å². The van der Waals surface area contributed by atoms with Crippen molar-refractivity contribution in [2.75, 3.05) is 33.4 Å².